The lowest BCUT2D eigenvalue weighted by molar-refractivity contribution is -0.114. The first-order valence-electron chi connectivity index (χ1n) is 18.4. The Morgan fingerprint density at radius 1 is 0.979 bits per heavy atom. The summed E-state index contributed by atoms with van der Waals surface area (Å²) in [5.74, 6) is 1.49. The highest BCUT2D eigenvalue weighted by atomic mass is 19.1. The molecule has 3 N–H and O–H groups in total. The summed E-state index contributed by atoms with van der Waals surface area (Å²) < 4.78 is 16.1. The number of benzene rings is 2. The number of aliphatic hydroxyl groups is 1. The molecule has 0 bridgehead atoms. The monoisotopic (exact) mass is 646 g/mol. The van der Waals surface area contributed by atoms with Gasteiger partial charge < -0.3 is 20.4 Å². The number of halogens is 1. The van der Waals surface area contributed by atoms with Crippen LogP contribution in [0.25, 0.3) is 0 Å². The lowest BCUT2D eigenvalue weighted by Gasteiger charge is -2.54. The number of rotatable bonds is 11. The van der Waals surface area contributed by atoms with Crippen LogP contribution in [0, 0.1) is 29.1 Å². The number of hydrogen-bond acceptors (Lipinski definition) is 4. The molecule has 0 spiro atoms. The number of unbranched alkanes of at least 4 members (excludes halogenated alkanes) is 3. The SMILES string of the molecule is CC(=O)Nc1ccc(C(=O)N(CCCCCC[C@@H]2Cc3cc(O)ccc3C3C2C2CC[C@H](O)[C@@]2(C)C[C@@H]3F)CC2CCCCC2)cc1. The Morgan fingerprint density at radius 3 is 2.47 bits per heavy atom. The molecule has 6 nitrogen and oxygen atoms in total. The van der Waals surface area contributed by atoms with Crippen molar-refractivity contribution in [1.82, 2.24) is 4.90 Å². The first kappa shape index (κ1) is 34.0. The van der Waals surface area contributed by atoms with Gasteiger partial charge in [0.15, 0.2) is 0 Å². The zero-order chi connectivity index (χ0) is 33.1. The molecule has 0 aromatic heterocycles. The van der Waals surface area contributed by atoms with Crippen molar-refractivity contribution in [3.05, 3.63) is 59.2 Å². The van der Waals surface area contributed by atoms with Gasteiger partial charge in [-0.3, -0.25) is 9.59 Å². The fraction of sp³-hybridized carbons (Fsp3) is 0.650. The van der Waals surface area contributed by atoms with Crippen LogP contribution in [0.4, 0.5) is 10.1 Å². The second kappa shape index (κ2) is 14.7. The summed E-state index contributed by atoms with van der Waals surface area (Å²) in [5, 5.41) is 24.0. The number of aliphatic hydroxyl groups excluding tert-OH is 1. The maximum Gasteiger partial charge on any atom is 0.253 e. The van der Waals surface area contributed by atoms with Crippen LogP contribution >= 0.6 is 0 Å². The zero-order valence-corrected chi connectivity index (χ0v) is 28.4. The van der Waals surface area contributed by atoms with Crippen LogP contribution in [0.1, 0.15) is 125 Å². The highest BCUT2D eigenvalue weighted by Crippen LogP contribution is 2.63. The van der Waals surface area contributed by atoms with E-state index >= 15 is 4.39 Å². The van der Waals surface area contributed by atoms with Crippen LogP contribution in [0.5, 0.6) is 5.75 Å². The molecular weight excluding hydrogens is 591 g/mol. The van der Waals surface area contributed by atoms with Crippen molar-refractivity contribution in [1.29, 1.82) is 0 Å². The molecule has 2 aromatic rings. The number of phenols is 1. The molecule has 0 radical (unpaired) electrons. The fourth-order valence-electron chi connectivity index (χ4n) is 10.1. The Bertz CT molecular complexity index is 1390. The number of nitrogens with one attached hydrogen (secondary N) is 1. The minimum Gasteiger partial charge on any atom is -0.508 e. The number of nitrogens with zero attached hydrogens (tertiary/aromatic N) is 1. The van der Waals surface area contributed by atoms with E-state index in [2.05, 4.69) is 17.1 Å². The van der Waals surface area contributed by atoms with Gasteiger partial charge in [-0.1, -0.05) is 51.5 Å². The van der Waals surface area contributed by atoms with E-state index in [4.69, 9.17) is 0 Å². The summed E-state index contributed by atoms with van der Waals surface area (Å²) in [6.07, 6.45) is 12.9. The normalized spacial score (nSPS) is 30.2. The minimum atomic E-state index is -0.977. The van der Waals surface area contributed by atoms with E-state index in [-0.39, 0.29) is 34.8 Å². The molecule has 0 saturated heterocycles. The number of fused-ring (bicyclic) bond motifs is 5. The highest BCUT2D eigenvalue weighted by Gasteiger charge is 2.59. The summed E-state index contributed by atoms with van der Waals surface area (Å²) in [6.45, 7) is 5.15. The van der Waals surface area contributed by atoms with Crippen molar-refractivity contribution < 1.29 is 24.2 Å². The number of alkyl halides is 1. The van der Waals surface area contributed by atoms with Crippen LogP contribution in [0.3, 0.4) is 0 Å². The number of carbonyl (C=O) groups is 2. The van der Waals surface area contributed by atoms with E-state index in [0.29, 0.717) is 35.4 Å². The van der Waals surface area contributed by atoms with Gasteiger partial charge >= 0.3 is 0 Å². The zero-order valence-electron chi connectivity index (χ0n) is 28.4. The van der Waals surface area contributed by atoms with Gasteiger partial charge in [-0.15, -0.1) is 0 Å². The quantitative estimate of drug-likeness (QED) is 0.214. The molecule has 4 aliphatic rings. The average Bonchev–Trinajstić information content (AvgIpc) is 3.34. The fourth-order valence-corrected chi connectivity index (χ4v) is 10.1. The van der Waals surface area contributed by atoms with Gasteiger partial charge in [-0.2, -0.15) is 0 Å². The first-order chi connectivity index (χ1) is 22.6. The number of amides is 2. The van der Waals surface area contributed by atoms with Crippen molar-refractivity contribution in [3.63, 3.8) is 0 Å². The van der Waals surface area contributed by atoms with Gasteiger partial charge in [0.05, 0.1) is 6.10 Å². The lowest BCUT2D eigenvalue weighted by atomic mass is 9.51. The van der Waals surface area contributed by atoms with E-state index in [0.717, 1.165) is 75.6 Å². The highest BCUT2D eigenvalue weighted by molar-refractivity contribution is 5.95. The van der Waals surface area contributed by atoms with Crippen LogP contribution < -0.4 is 5.32 Å². The van der Waals surface area contributed by atoms with Crippen LogP contribution in [-0.4, -0.2) is 52.3 Å². The molecule has 256 valence electrons. The smallest absolute Gasteiger partial charge is 0.253 e. The van der Waals surface area contributed by atoms with Crippen LogP contribution in [0.15, 0.2) is 42.5 Å². The summed E-state index contributed by atoms with van der Waals surface area (Å²) >= 11 is 0. The average molecular weight is 647 g/mol. The van der Waals surface area contributed by atoms with Crippen molar-refractivity contribution in [3.8, 4) is 5.75 Å². The van der Waals surface area contributed by atoms with Gasteiger partial charge in [0.1, 0.15) is 11.9 Å². The molecule has 3 saturated carbocycles. The molecule has 3 fully saturated rings. The van der Waals surface area contributed by atoms with Gasteiger partial charge in [0.2, 0.25) is 5.91 Å². The number of carbonyl (C=O) groups excluding carboxylic acids is 2. The number of anilines is 1. The van der Waals surface area contributed by atoms with Crippen LogP contribution in [0.2, 0.25) is 0 Å². The predicted octanol–water partition coefficient (Wildman–Crippen LogP) is 8.41. The third-order valence-electron chi connectivity index (χ3n) is 12.5. The second-order valence-corrected chi connectivity index (χ2v) is 15.6. The predicted molar refractivity (Wildman–Crippen MR) is 184 cm³/mol. The molecule has 2 aromatic carbocycles. The summed E-state index contributed by atoms with van der Waals surface area (Å²) in [4.78, 5) is 27.2. The van der Waals surface area contributed by atoms with Gasteiger partial charge in [0.25, 0.3) is 5.91 Å². The van der Waals surface area contributed by atoms with Gasteiger partial charge in [-0.05, 0) is 128 Å². The molecule has 3 unspecified atom stereocenters. The third-order valence-corrected chi connectivity index (χ3v) is 12.5. The molecule has 0 heterocycles. The molecule has 7 atom stereocenters. The maximum absolute atomic E-state index is 16.1. The Balaban J connectivity index is 1.07. The van der Waals surface area contributed by atoms with Crippen LogP contribution in [-0.2, 0) is 11.2 Å². The molecule has 6 rings (SSSR count). The number of hydrogen-bond donors (Lipinski definition) is 3. The molecule has 4 aliphatic carbocycles. The minimum absolute atomic E-state index is 0.0694. The van der Waals surface area contributed by atoms with Crippen molar-refractivity contribution in [2.75, 3.05) is 18.4 Å². The van der Waals surface area contributed by atoms with E-state index in [1.807, 2.05) is 24.3 Å². The van der Waals surface area contributed by atoms with E-state index in [9.17, 15) is 19.8 Å². The molecule has 47 heavy (non-hydrogen) atoms. The Morgan fingerprint density at radius 2 is 1.72 bits per heavy atom. The van der Waals surface area contributed by atoms with Crippen molar-refractivity contribution in [2.24, 2.45) is 29.1 Å². The number of phenolic OH excluding ortho intramolecular Hbond substituents is 1. The summed E-state index contributed by atoms with van der Waals surface area (Å²) in [5.41, 5.74) is 3.18. The summed E-state index contributed by atoms with van der Waals surface area (Å²) in [7, 11) is 0. The van der Waals surface area contributed by atoms with E-state index in [1.54, 1.807) is 18.2 Å². The molecule has 7 heteroatoms. The maximum atomic E-state index is 16.1. The topological polar surface area (TPSA) is 89.9 Å². The first-order valence-corrected chi connectivity index (χ1v) is 18.4. The van der Waals surface area contributed by atoms with Gasteiger partial charge in [0, 0.05) is 37.2 Å². The van der Waals surface area contributed by atoms with Crippen molar-refractivity contribution >= 4 is 17.5 Å². The Kier molecular flexibility index (Phi) is 10.6. The van der Waals surface area contributed by atoms with Gasteiger partial charge in [-0.25, -0.2) is 4.39 Å². The second-order valence-electron chi connectivity index (χ2n) is 15.6. The molecular formula is C40H55FN2O4. The standard InChI is InChI=1S/C40H55FN2O4/c1-26(44)42-31-15-13-28(14-16-31)39(47)43(25-27-10-6-5-7-11-27)21-9-4-3-8-12-29-22-30-23-32(45)17-18-33(30)38-35(41)24-40(2)34(37(29)38)19-20-36(40)46/h13-18,23,27,29,34-38,45-46H,3-12,19-22,24-25H2,1-2H3,(H,42,44)/t29-,34?,35+,36+,37?,38?,40+/m1/s1. The Hall–Kier alpha value is -2.93. The molecule has 2 amide bonds. The van der Waals surface area contributed by atoms with Crippen molar-refractivity contribution in [2.45, 2.75) is 122 Å². The van der Waals surface area contributed by atoms with E-state index in [1.165, 1.54) is 39.0 Å². The largest absolute Gasteiger partial charge is 0.508 e. The van der Waals surface area contributed by atoms with E-state index < -0.39 is 12.3 Å². The Labute approximate surface area is 280 Å². The third kappa shape index (κ3) is 7.40. The molecule has 0 aliphatic heterocycles. The lowest BCUT2D eigenvalue weighted by Crippen LogP contribution is -2.51. The number of aromatic hydroxyl groups is 1. The summed E-state index contributed by atoms with van der Waals surface area (Å²) in [6, 6.07) is 12.8.